The molecule has 0 spiro atoms. The predicted octanol–water partition coefficient (Wildman–Crippen LogP) is 1.46. The van der Waals surface area contributed by atoms with Gasteiger partial charge in [0.15, 0.2) is 0 Å². The van der Waals surface area contributed by atoms with Gasteiger partial charge >= 0.3 is 0 Å². The number of nitrogens with two attached hydrogens (primary N) is 1. The van der Waals surface area contributed by atoms with Gasteiger partial charge in [-0.25, -0.2) is 0 Å². The highest BCUT2D eigenvalue weighted by Gasteiger charge is 2.29. The van der Waals surface area contributed by atoms with Crippen molar-refractivity contribution >= 4 is 5.91 Å². The first-order valence-corrected chi connectivity index (χ1v) is 6.85. The van der Waals surface area contributed by atoms with Gasteiger partial charge in [0.05, 0.1) is 13.2 Å². The van der Waals surface area contributed by atoms with Gasteiger partial charge in [0.25, 0.3) is 0 Å². The zero-order valence-electron chi connectivity index (χ0n) is 11.4. The molecule has 3 N–H and O–H groups in total. The van der Waals surface area contributed by atoms with Crippen LogP contribution in [0.2, 0.25) is 0 Å². The summed E-state index contributed by atoms with van der Waals surface area (Å²) in [5, 5.41) is 2.94. The van der Waals surface area contributed by atoms with Crippen molar-refractivity contribution in [1.29, 1.82) is 0 Å². The third kappa shape index (κ3) is 5.19. The molecule has 4 heteroatoms. The van der Waals surface area contributed by atoms with Crippen LogP contribution in [-0.2, 0) is 9.53 Å². The average molecular weight is 254 g/mol. The Morgan fingerprint density at radius 2 is 2.17 bits per heavy atom. The van der Waals surface area contributed by atoms with E-state index in [1.165, 1.54) is 6.42 Å². The minimum Gasteiger partial charge on any atom is -0.375 e. The van der Waals surface area contributed by atoms with Gasteiger partial charge in [-0.1, -0.05) is 25.0 Å². The summed E-state index contributed by atoms with van der Waals surface area (Å²) in [4.78, 5) is 12.0. The summed E-state index contributed by atoms with van der Waals surface area (Å²) in [6.45, 7) is 7.96. The van der Waals surface area contributed by atoms with E-state index in [-0.39, 0.29) is 11.8 Å². The lowest BCUT2D eigenvalue weighted by Gasteiger charge is -2.29. The SMILES string of the molecule is C=C(C)COCCNC(=O)C1CCCCC1CN. The number of ether oxygens (including phenoxy) is 1. The molecule has 1 amide bonds. The number of carbonyl (C=O) groups excluding carboxylic acids is 1. The number of hydrogen-bond acceptors (Lipinski definition) is 3. The van der Waals surface area contributed by atoms with E-state index in [1.54, 1.807) is 0 Å². The summed E-state index contributed by atoms with van der Waals surface area (Å²) < 4.78 is 5.35. The van der Waals surface area contributed by atoms with Crippen LogP contribution in [0.3, 0.4) is 0 Å². The molecule has 2 atom stereocenters. The van der Waals surface area contributed by atoms with E-state index in [2.05, 4.69) is 11.9 Å². The van der Waals surface area contributed by atoms with Crippen molar-refractivity contribution in [1.82, 2.24) is 5.32 Å². The second kappa shape index (κ2) is 8.27. The lowest BCUT2D eigenvalue weighted by atomic mass is 9.79. The van der Waals surface area contributed by atoms with E-state index in [1.807, 2.05) is 6.92 Å². The van der Waals surface area contributed by atoms with Crippen LogP contribution in [0.15, 0.2) is 12.2 Å². The van der Waals surface area contributed by atoms with Crippen LogP contribution in [-0.4, -0.2) is 32.2 Å². The molecule has 0 aromatic rings. The van der Waals surface area contributed by atoms with Crippen LogP contribution < -0.4 is 11.1 Å². The molecular formula is C14H26N2O2. The summed E-state index contributed by atoms with van der Waals surface area (Å²) >= 11 is 0. The molecule has 4 nitrogen and oxygen atoms in total. The highest BCUT2D eigenvalue weighted by molar-refractivity contribution is 5.79. The minimum absolute atomic E-state index is 0.102. The lowest BCUT2D eigenvalue weighted by Crippen LogP contribution is -2.40. The maximum atomic E-state index is 12.0. The van der Waals surface area contributed by atoms with E-state index in [4.69, 9.17) is 10.5 Å². The van der Waals surface area contributed by atoms with E-state index in [0.717, 1.165) is 24.8 Å². The molecule has 1 aliphatic rings. The van der Waals surface area contributed by atoms with Crippen molar-refractivity contribution in [2.24, 2.45) is 17.6 Å². The Labute approximate surface area is 110 Å². The molecule has 1 fully saturated rings. The van der Waals surface area contributed by atoms with Crippen LogP contribution in [0, 0.1) is 11.8 Å². The Kier molecular flexibility index (Phi) is 6.98. The normalized spacial score (nSPS) is 23.7. The Morgan fingerprint density at radius 3 is 2.83 bits per heavy atom. The van der Waals surface area contributed by atoms with Crippen LogP contribution in [0.25, 0.3) is 0 Å². The zero-order valence-corrected chi connectivity index (χ0v) is 11.4. The van der Waals surface area contributed by atoms with Crippen LogP contribution in [0.4, 0.5) is 0 Å². The second-order valence-corrected chi connectivity index (χ2v) is 5.19. The average Bonchev–Trinajstić information content (AvgIpc) is 2.37. The van der Waals surface area contributed by atoms with E-state index >= 15 is 0 Å². The monoisotopic (exact) mass is 254 g/mol. The van der Waals surface area contributed by atoms with Gasteiger partial charge in [0, 0.05) is 12.5 Å². The van der Waals surface area contributed by atoms with Gasteiger partial charge in [0.2, 0.25) is 5.91 Å². The molecule has 1 saturated carbocycles. The van der Waals surface area contributed by atoms with E-state index in [9.17, 15) is 4.79 Å². The van der Waals surface area contributed by atoms with E-state index < -0.39 is 0 Å². The maximum absolute atomic E-state index is 12.0. The molecule has 1 rings (SSSR count). The van der Waals surface area contributed by atoms with Crippen LogP contribution >= 0.6 is 0 Å². The Hall–Kier alpha value is -0.870. The smallest absolute Gasteiger partial charge is 0.223 e. The molecule has 0 saturated heterocycles. The molecule has 0 aliphatic heterocycles. The Balaban J connectivity index is 2.20. The number of carbonyl (C=O) groups is 1. The molecule has 0 heterocycles. The van der Waals surface area contributed by atoms with Crippen molar-refractivity contribution < 1.29 is 9.53 Å². The number of amides is 1. The van der Waals surface area contributed by atoms with Crippen LogP contribution in [0.5, 0.6) is 0 Å². The van der Waals surface area contributed by atoms with Gasteiger partial charge in [-0.05, 0) is 32.2 Å². The van der Waals surface area contributed by atoms with Crippen molar-refractivity contribution in [3.8, 4) is 0 Å². The molecular weight excluding hydrogens is 228 g/mol. The number of rotatable bonds is 7. The topological polar surface area (TPSA) is 64.3 Å². The molecule has 0 aromatic heterocycles. The molecule has 2 unspecified atom stereocenters. The largest absolute Gasteiger partial charge is 0.375 e. The second-order valence-electron chi connectivity index (χ2n) is 5.19. The number of hydrogen-bond donors (Lipinski definition) is 2. The Bertz CT molecular complexity index is 279. The molecule has 0 bridgehead atoms. The quantitative estimate of drug-likeness (QED) is 0.534. The maximum Gasteiger partial charge on any atom is 0.223 e. The fraction of sp³-hybridized carbons (Fsp3) is 0.786. The first-order valence-electron chi connectivity index (χ1n) is 6.85. The van der Waals surface area contributed by atoms with Crippen molar-refractivity contribution in [2.75, 3.05) is 26.3 Å². The summed E-state index contributed by atoms with van der Waals surface area (Å²) in [7, 11) is 0. The Morgan fingerprint density at radius 1 is 1.44 bits per heavy atom. The summed E-state index contributed by atoms with van der Waals surface area (Å²) in [5.74, 6) is 0.601. The molecule has 18 heavy (non-hydrogen) atoms. The zero-order chi connectivity index (χ0) is 13.4. The van der Waals surface area contributed by atoms with E-state index in [0.29, 0.717) is 32.2 Å². The summed E-state index contributed by atoms with van der Waals surface area (Å²) in [5.41, 5.74) is 6.72. The minimum atomic E-state index is 0.102. The molecule has 1 aliphatic carbocycles. The molecule has 0 aromatic carbocycles. The summed E-state index contributed by atoms with van der Waals surface area (Å²) in [6.07, 6.45) is 4.40. The van der Waals surface area contributed by atoms with Gasteiger partial charge in [-0.2, -0.15) is 0 Å². The molecule has 0 radical (unpaired) electrons. The predicted molar refractivity (Wildman–Crippen MR) is 73.1 cm³/mol. The third-order valence-corrected chi connectivity index (χ3v) is 3.44. The first-order chi connectivity index (χ1) is 8.65. The summed E-state index contributed by atoms with van der Waals surface area (Å²) in [6, 6.07) is 0. The van der Waals surface area contributed by atoms with Gasteiger partial charge in [0.1, 0.15) is 0 Å². The number of nitrogens with one attached hydrogen (secondary N) is 1. The third-order valence-electron chi connectivity index (χ3n) is 3.44. The fourth-order valence-electron chi connectivity index (χ4n) is 2.46. The van der Waals surface area contributed by atoms with Gasteiger partial charge in [-0.15, -0.1) is 0 Å². The van der Waals surface area contributed by atoms with Crippen molar-refractivity contribution in [3.63, 3.8) is 0 Å². The molecule has 104 valence electrons. The van der Waals surface area contributed by atoms with Gasteiger partial charge < -0.3 is 15.8 Å². The van der Waals surface area contributed by atoms with Crippen LogP contribution in [0.1, 0.15) is 32.6 Å². The fourth-order valence-corrected chi connectivity index (χ4v) is 2.46. The highest BCUT2D eigenvalue weighted by atomic mass is 16.5. The van der Waals surface area contributed by atoms with Gasteiger partial charge in [-0.3, -0.25) is 4.79 Å². The van der Waals surface area contributed by atoms with Crippen molar-refractivity contribution in [3.05, 3.63) is 12.2 Å². The first kappa shape index (κ1) is 15.2. The highest BCUT2D eigenvalue weighted by Crippen LogP contribution is 2.29. The van der Waals surface area contributed by atoms with Crippen molar-refractivity contribution in [2.45, 2.75) is 32.6 Å². The standard InChI is InChI=1S/C14H26N2O2/c1-11(2)10-18-8-7-16-14(17)13-6-4-3-5-12(13)9-15/h12-13H,1,3-10,15H2,2H3,(H,16,17). The lowest BCUT2D eigenvalue weighted by molar-refractivity contribution is -0.127.